The second-order valence-electron chi connectivity index (χ2n) is 6.18. The Morgan fingerprint density at radius 2 is 1.93 bits per heavy atom. The predicted molar refractivity (Wildman–Crippen MR) is 102 cm³/mol. The fourth-order valence-electron chi connectivity index (χ4n) is 3.26. The van der Waals surface area contributed by atoms with Crippen molar-refractivity contribution in [1.82, 2.24) is 9.88 Å². The van der Waals surface area contributed by atoms with Gasteiger partial charge in [-0.2, -0.15) is 0 Å². The Morgan fingerprint density at radius 1 is 1.11 bits per heavy atom. The Bertz CT molecular complexity index is 998. The van der Waals surface area contributed by atoms with Crippen molar-refractivity contribution in [2.24, 2.45) is 0 Å². The van der Waals surface area contributed by atoms with Crippen molar-refractivity contribution in [3.05, 3.63) is 99.7 Å². The van der Waals surface area contributed by atoms with Gasteiger partial charge in [0.1, 0.15) is 0 Å². The van der Waals surface area contributed by atoms with E-state index in [1.54, 1.807) is 36.0 Å². The summed E-state index contributed by atoms with van der Waals surface area (Å²) >= 11 is 1.29. The number of carbonyl (C=O) groups excluding carboxylic acids is 2. The number of hydrogen-bond acceptors (Lipinski definition) is 5. The lowest BCUT2D eigenvalue weighted by Crippen LogP contribution is -2.30. The largest absolute Gasteiger partial charge is 0.503 e. The Hall–Kier alpha value is -3.25. The van der Waals surface area contributed by atoms with Crippen LogP contribution in [0.1, 0.15) is 26.8 Å². The van der Waals surface area contributed by atoms with Gasteiger partial charge < -0.3 is 10.0 Å². The highest BCUT2D eigenvalue weighted by Crippen LogP contribution is 2.40. The van der Waals surface area contributed by atoms with Gasteiger partial charge in [0.25, 0.3) is 5.91 Å². The molecule has 134 valence electrons. The van der Waals surface area contributed by atoms with Crippen LogP contribution >= 0.6 is 11.3 Å². The van der Waals surface area contributed by atoms with Gasteiger partial charge in [0.2, 0.25) is 5.78 Å². The van der Waals surface area contributed by atoms with Crippen molar-refractivity contribution in [2.75, 3.05) is 0 Å². The van der Waals surface area contributed by atoms with E-state index in [-0.39, 0.29) is 17.9 Å². The summed E-state index contributed by atoms with van der Waals surface area (Å²) in [7, 11) is 0. The molecule has 1 aliphatic rings. The van der Waals surface area contributed by atoms with Crippen LogP contribution in [0.5, 0.6) is 0 Å². The molecule has 5 nitrogen and oxygen atoms in total. The first-order valence-electron chi connectivity index (χ1n) is 8.43. The van der Waals surface area contributed by atoms with Crippen LogP contribution in [0.15, 0.2) is 83.7 Å². The minimum Gasteiger partial charge on any atom is -0.503 e. The third-order valence-corrected chi connectivity index (χ3v) is 5.35. The molecule has 0 saturated carbocycles. The molecule has 3 aromatic rings. The van der Waals surface area contributed by atoms with E-state index in [4.69, 9.17) is 0 Å². The lowest BCUT2D eigenvalue weighted by atomic mass is 9.95. The maximum atomic E-state index is 13.0. The fraction of sp³-hybridized carbons (Fsp3) is 0.0952. The van der Waals surface area contributed by atoms with E-state index in [0.29, 0.717) is 4.88 Å². The number of nitrogens with zero attached hydrogens (tertiary/aromatic N) is 2. The average molecular weight is 376 g/mol. The summed E-state index contributed by atoms with van der Waals surface area (Å²) in [5.74, 6) is -1.35. The molecule has 3 heterocycles. The Balaban J connectivity index is 1.79. The van der Waals surface area contributed by atoms with Crippen molar-refractivity contribution in [3.8, 4) is 0 Å². The third-order valence-electron chi connectivity index (χ3n) is 4.48. The molecule has 1 amide bonds. The summed E-state index contributed by atoms with van der Waals surface area (Å²) in [5.41, 5.74) is 1.72. The zero-order valence-electron chi connectivity index (χ0n) is 14.3. The van der Waals surface area contributed by atoms with Gasteiger partial charge in [-0.05, 0) is 28.6 Å². The van der Waals surface area contributed by atoms with Gasteiger partial charge in [0, 0.05) is 18.9 Å². The smallest absolute Gasteiger partial charge is 0.290 e. The highest BCUT2D eigenvalue weighted by molar-refractivity contribution is 7.12. The fourth-order valence-corrected chi connectivity index (χ4v) is 3.94. The molecule has 0 bridgehead atoms. The number of aromatic nitrogens is 1. The molecule has 4 rings (SSSR count). The summed E-state index contributed by atoms with van der Waals surface area (Å²) in [6.45, 7) is 0.248. The number of thiophene rings is 1. The van der Waals surface area contributed by atoms with Crippen LogP contribution in [-0.4, -0.2) is 26.7 Å². The first kappa shape index (κ1) is 17.2. The number of rotatable bonds is 5. The first-order valence-corrected chi connectivity index (χ1v) is 9.31. The highest BCUT2D eigenvalue weighted by atomic mass is 32.1. The average Bonchev–Trinajstić information content (AvgIpc) is 3.32. The number of benzene rings is 1. The minimum absolute atomic E-state index is 0.123. The molecule has 2 aromatic heterocycles. The van der Waals surface area contributed by atoms with E-state index < -0.39 is 17.7 Å². The van der Waals surface area contributed by atoms with E-state index in [9.17, 15) is 14.7 Å². The van der Waals surface area contributed by atoms with E-state index in [2.05, 4.69) is 4.98 Å². The molecule has 0 radical (unpaired) electrons. The molecule has 6 heteroatoms. The van der Waals surface area contributed by atoms with Gasteiger partial charge >= 0.3 is 0 Å². The zero-order chi connectivity index (χ0) is 18.8. The van der Waals surface area contributed by atoms with Gasteiger partial charge in [0.15, 0.2) is 5.76 Å². The lowest BCUT2D eigenvalue weighted by Gasteiger charge is -2.26. The summed E-state index contributed by atoms with van der Waals surface area (Å²) < 4.78 is 0. The Morgan fingerprint density at radius 3 is 2.59 bits per heavy atom. The number of amides is 1. The topological polar surface area (TPSA) is 70.5 Å². The van der Waals surface area contributed by atoms with E-state index in [0.717, 1.165) is 11.1 Å². The molecule has 0 spiro atoms. The molecule has 1 atom stereocenters. The van der Waals surface area contributed by atoms with Crippen LogP contribution in [0.2, 0.25) is 0 Å². The molecule has 27 heavy (non-hydrogen) atoms. The van der Waals surface area contributed by atoms with Crippen molar-refractivity contribution in [1.29, 1.82) is 0 Å². The molecule has 1 aromatic carbocycles. The maximum Gasteiger partial charge on any atom is 0.290 e. The third kappa shape index (κ3) is 3.15. The summed E-state index contributed by atoms with van der Waals surface area (Å²) in [6.07, 6.45) is 3.33. The van der Waals surface area contributed by atoms with Crippen molar-refractivity contribution in [2.45, 2.75) is 12.6 Å². The normalized spacial score (nSPS) is 16.8. The number of hydrogen-bond donors (Lipinski definition) is 1. The molecule has 1 N–H and O–H groups in total. The van der Waals surface area contributed by atoms with E-state index in [1.807, 2.05) is 36.4 Å². The Kier molecular flexibility index (Phi) is 4.56. The minimum atomic E-state index is -0.645. The number of aliphatic hydroxyl groups is 1. The molecule has 1 aliphatic heterocycles. The zero-order valence-corrected chi connectivity index (χ0v) is 15.1. The molecule has 0 unspecified atom stereocenters. The van der Waals surface area contributed by atoms with Gasteiger partial charge in [-0.1, -0.05) is 42.5 Å². The second kappa shape index (κ2) is 7.17. The number of pyridine rings is 1. The van der Waals surface area contributed by atoms with Gasteiger partial charge in [-0.25, -0.2) is 0 Å². The van der Waals surface area contributed by atoms with Gasteiger partial charge in [0.05, 0.1) is 16.5 Å². The van der Waals surface area contributed by atoms with Gasteiger partial charge in [-0.15, -0.1) is 11.3 Å². The molecule has 0 saturated heterocycles. The number of Topliss-reactive ketones (excluding diaryl/α,β-unsaturated/α-hetero) is 1. The number of aliphatic hydroxyl groups excluding tert-OH is 1. The van der Waals surface area contributed by atoms with Crippen LogP contribution in [0.4, 0.5) is 0 Å². The highest BCUT2D eigenvalue weighted by Gasteiger charge is 2.43. The van der Waals surface area contributed by atoms with Crippen LogP contribution in [0.3, 0.4) is 0 Å². The van der Waals surface area contributed by atoms with Crippen LogP contribution in [0, 0.1) is 0 Å². The van der Waals surface area contributed by atoms with Crippen molar-refractivity contribution in [3.63, 3.8) is 0 Å². The quantitative estimate of drug-likeness (QED) is 0.685. The molecular formula is C21H16N2O3S. The van der Waals surface area contributed by atoms with Crippen LogP contribution in [0.25, 0.3) is 0 Å². The molecule has 0 aliphatic carbocycles. The van der Waals surface area contributed by atoms with Crippen LogP contribution < -0.4 is 0 Å². The number of ketones is 1. The first-order chi connectivity index (χ1) is 13.2. The van der Waals surface area contributed by atoms with E-state index >= 15 is 0 Å². The molecular weight excluding hydrogens is 360 g/mol. The summed E-state index contributed by atoms with van der Waals surface area (Å²) in [5, 5.41) is 12.4. The van der Waals surface area contributed by atoms with Crippen LogP contribution in [-0.2, 0) is 11.3 Å². The van der Waals surface area contributed by atoms with Crippen molar-refractivity contribution < 1.29 is 14.7 Å². The standard InChI is InChI=1S/C21H16N2O3S/c24-19(16-9-5-11-27-16)17-18(15-7-2-1-3-8-15)23(21(26)20(17)25)13-14-6-4-10-22-12-14/h1-12,18,25H,13H2/t18-/m1/s1. The number of carbonyl (C=O) groups is 2. The Labute approximate surface area is 160 Å². The maximum absolute atomic E-state index is 13.0. The van der Waals surface area contributed by atoms with Gasteiger partial charge in [-0.3, -0.25) is 14.6 Å². The SMILES string of the molecule is O=C(C1=C(O)C(=O)N(Cc2cccnc2)[C@@H]1c1ccccc1)c1cccs1. The monoisotopic (exact) mass is 376 g/mol. The summed E-state index contributed by atoms with van der Waals surface area (Å²) in [6, 6.07) is 15.8. The predicted octanol–water partition coefficient (Wildman–Crippen LogP) is 3.92. The second-order valence-corrected chi connectivity index (χ2v) is 7.12. The van der Waals surface area contributed by atoms with E-state index in [1.165, 1.54) is 16.2 Å². The van der Waals surface area contributed by atoms with Crippen molar-refractivity contribution >= 4 is 23.0 Å². The molecule has 0 fully saturated rings. The summed E-state index contributed by atoms with van der Waals surface area (Å²) in [4.78, 5) is 32.0. The lowest BCUT2D eigenvalue weighted by molar-refractivity contribution is -0.130.